The molecule has 1 heterocycles. The smallest absolute Gasteiger partial charge is 0.161 e. The van der Waals surface area contributed by atoms with Crippen LogP contribution in [0.25, 0.3) is 10.9 Å². The lowest BCUT2D eigenvalue weighted by molar-refractivity contribution is 0.101. The van der Waals surface area contributed by atoms with Crippen molar-refractivity contribution in [2.75, 3.05) is 0 Å². The molecule has 0 spiro atoms. The van der Waals surface area contributed by atoms with Crippen LogP contribution in [-0.4, -0.2) is 10.8 Å². The predicted octanol–water partition coefficient (Wildman–Crippen LogP) is 2.17. The molecule has 2 heteroatoms. The first-order valence-corrected chi connectivity index (χ1v) is 3.77. The van der Waals surface area contributed by atoms with Crippen LogP contribution in [0, 0.1) is 6.07 Å². The summed E-state index contributed by atoms with van der Waals surface area (Å²) in [5, 5.41) is 0.973. The lowest BCUT2D eigenvalue weighted by atomic mass is 10.1. The second-order valence-corrected chi connectivity index (χ2v) is 2.73. The van der Waals surface area contributed by atoms with E-state index in [0.717, 1.165) is 16.5 Å². The van der Waals surface area contributed by atoms with Gasteiger partial charge in [0.25, 0.3) is 0 Å². The molecule has 1 N–H and O–H groups in total. The van der Waals surface area contributed by atoms with Crippen molar-refractivity contribution < 1.29 is 4.79 Å². The zero-order valence-electron chi connectivity index (χ0n) is 6.72. The van der Waals surface area contributed by atoms with E-state index in [0.29, 0.717) is 0 Å². The molecule has 59 valence electrons. The number of rotatable bonds is 1. The van der Waals surface area contributed by atoms with Crippen LogP contribution in [-0.2, 0) is 0 Å². The van der Waals surface area contributed by atoms with Gasteiger partial charge in [0.15, 0.2) is 5.78 Å². The first-order chi connectivity index (χ1) is 5.79. The van der Waals surface area contributed by atoms with Crippen LogP contribution < -0.4 is 0 Å². The van der Waals surface area contributed by atoms with Gasteiger partial charge in [0.1, 0.15) is 0 Å². The van der Waals surface area contributed by atoms with Crippen LogP contribution in [0.5, 0.6) is 0 Å². The summed E-state index contributed by atoms with van der Waals surface area (Å²) in [5.74, 6) is 0.0902. The van der Waals surface area contributed by atoms with E-state index in [1.54, 1.807) is 13.1 Å². The third-order valence-electron chi connectivity index (χ3n) is 1.91. The van der Waals surface area contributed by atoms with Crippen LogP contribution in [0.4, 0.5) is 0 Å². The molecule has 0 fully saturated rings. The molecule has 0 aliphatic carbocycles. The normalized spacial score (nSPS) is 10.4. The first-order valence-electron chi connectivity index (χ1n) is 3.77. The van der Waals surface area contributed by atoms with Crippen LogP contribution in [0.2, 0.25) is 0 Å². The number of hydrogen-bond donors (Lipinski definition) is 1. The summed E-state index contributed by atoms with van der Waals surface area (Å²) in [6.07, 6.45) is 1.74. The molecule has 2 rings (SSSR count). The fourth-order valence-corrected chi connectivity index (χ4v) is 1.30. The maximum absolute atomic E-state index is 11.1. The first kappa shape index (κ1) is 7.10. The molecular weight excluding hydrogens is 150 g/mol. The van der Waals surface area contributed by atoms with Crippen molar-refractivity contribution in [2.45, 2.75) is 6.92 Å². The zero-order valence-corrected chi connectivity index (χ0v) is 6.72. The standard InChI is InChI=1S/C10H8NO/c1-7(12)9-6-11-10-5-3-2-4-8(9)10/h2,4-6,11H,1H3. The predicted molar refractivity (Wildman–Crippen MR) is 47.1 cm³/mol. The van der Waals surface area contributed by atoms with E-state index in [9.17, 15) is 4.79 Å². The Kier molecular flexibility index (Phi) is 1.47. The molecule has 2 nitrogen and oxygen atoms in total. The Morgan fingerprint density at radius 1 is 1.58 bits per heavy atom. The number of benzene rings is 1. The van der Waals surface area contributed by atoms with E-state index in [4.69, 9.17) is 0 Å². The van der Waals surface area contributed by atoms with Gasteiger partial charge < -0.3 is 4.98 Å². The average Bonchev–Trinajstić information content (AvgIpc) is 2.47. The van der Waals surface area contributed by atoms with Gasteiger partial charge in [0, 0.05) is 22.7 Å². The molecule has 0 aliphatic heterocycles. The average molecular weight is 158 g/mol. The minimum atomic E-state index is 0.0902. The SMILES string of the molecule is CC(=O)c1c[nH]c2c[c]ccc12. The van der Waals surface area contributed by atoms with E-state index in [1.165, 1.54) is 0 Å². The number of aromatic nitrogens is 1. The Labute approximate surface area is 70.2 Å². The van der Waals surface area contributed by atoms with Crippen LogP contribution in [0.1, 0.15) is 17.3 Å². The summed E-state index contributed by atoms with van der Waals surface area (Å²) < 4.78 is 0. The minimum absolute atomic E-state index is 0.0902. The lowest BCUT2D eigenvalue weighted by Gasteiger charge is -1.90. The van der Waals surface area contributed by atoms with Crippen molar-refractivity contribution in [3.05, 3.63) is 36.0 Å². The van der Waals surface area contributed by atoms with Crippen LogP contribution in [0.3, 0.4) is 0 Å². The highest BCUT2D eigenvalue weighted by Gasteiger charge is 2.05. The fraction of sp³-hybridized carbons (Fsp3) is 0.100. The molecule has 0 atom stereocenters. The van der Waals surface area contributed by atoms with Gasteiger partial charge in [0.2, 0.25) is 0 Å². The van der Waals surface area contributed by atoms with Gasteiger partial charge in [0.05, 0.1) is 0 Å². The number of hydrogen-bond acceptors (Lipinski definition) is 1. The fourth-order valence-electron chi connectivity index (χ4n) is 1.30. The summed E-state index contributed by atoms with van der Waals surface area (Å²) in [6.45, 7) is 1.57. The summed E-state index contributed by atoms with van der Waals surface area (Å²) in [6, 6.07) is 8.48. The summed E-state index contributed by atoms with van der Waals surface area (Å²) in [7, 11) is 0. The van der Waals surface area contributed by atoms with Crippen molar-refractivity contribution in [3.63, 3.8) is 0 Å². The largest absolute Gasteiger partial charge is 0.360 e. The van der Waals surface area contributed by atoms with E-state index < -0.39 is 0 Å². The molecule has 0 aliphatic rings. The molecular formula is C10H8NO. The number of fused-ring (bicyclic) bond motifs is 1. The number of H-pyrrole nitrogens is 1. The molecule has 0 saturated heterocycles. The third-order valence-corrected chi connectivity index (χ3v) is 1.91. The van der Waals surface area contributed by atoms with Gasteiger partial charge in [-0.3, -0.25) is 4.79 Å². The number of carbonyl (C=O) groups excluding carboxylic acids is 1. The van der Waals surface area contributed by atoms with E-state index in [1.807, 2.05) is 18.2 Å². The second kappa shape index (κ2) is 2.48. The second-order valence-electron chi connectivity index (χ2n) is 2.73. The van der Waals surface area contributed by atoms with E-state index in [2.05, 4.69) is 11.1 Å². The third kappa shape index (κ3) is 0.925. The lowest BCUT2D eigenvalue weighted by Crippen LogP contribution is -1.87. The van der Waals surface area contributed by atoms with Crippen LogP contribution in [0.15, 0.2) is 24.4 Å². The Morgan fingerprint density at radius 2 is 2.42 bits per heavy atom. The number of carbonyl (C=O) groups is 1. The molecule has 0 bridgehead atoms. The number of Topliss-reactive ketones (excluding diaryl/α,β-unsaturated/α-hetero) is 1. The summed E-state index contributed by atoms with van der Waals surface area (Å²) in [4.78, 5) is 14.1. The molecule has 12 heavy (non-hydrogen) atoms. The molecule has 1 aromatic heterocycles. The summed E-state index contributed by atoms with van der Waals surface area (Å²) >= 11 is 0. The van der Waals surface area contributed by atoms with Gasteiger partial charge in [-0.1, -0.05) is 12.1 Å². The van der Waals surface area contributed by atoms with Gasteiger partial charge in [-0.2, -0.15) is 0 Å². The van der Waals surface area contributed by atoms with Gasteiger partial charge in [-0.15, -0.1) is 0 Å². The van der Waals surface area contributed by atoms with Crippen molar-refractivity contribution in [2.24, 2.45) is 0 Å². The quantitative estimate of drug-likeness (QED) is 0.634. The number of nitrogens with one attached hydrogen (secondary N) is 1. The van der Waals surface area contributed by atoms with Crippen LogP contribution >= 0.6 is 0 Å². The highest BCUT2D eigenvalue weighted by atomic mass is 16.1. The van der Waals surface area contributed by atoms with Gasteiger partial charge >= 0.3 is 0 Å². The zero-order chi connectivity index (χ0) is 8.55. The van der Waals surface area contributed by atoms with Gasteiger partial charge in [-0.05, 0) is 19.1 Å². The van der Waals surface area contributed by atoms with Crippen molar-refractivity contribution in [1.82, 2.24) is 4.98 Å². The molecule has 1 aromatic carbocycles. The molecule has 0 amide bonds. The monoisotopic (exact) mass is 158 g/mol. The maximum atomic E-state index is 11.1. The highest BCUT2D eigenvalue weighted by molar-refractivity contribution is 6.06. The van der Waals surface area contributed by atoms with Crippen molar-refractivity contribution in [3.8, 4) is 0 Å². The number of aromatic amines is 1. The van der Waals surface area contributed by atoms with Gasteiger partial charge in [-0.25, -0.2) is 0 Å². The van der Waals surface area contributed by atoms with Crippen molar-refractivity contribution >= 4 is 16.7 Å². The Balaban J connectivity index is 2.79. The minimum Gasteiger partial charge on any atom is -0.360 e. The Bertz CT molecular complexity index is 428. The Morgan fingerprint density at radius 3 is 3.17 bits per heavy atom. The molecule has 2 aromatic rings. The van der Waals surface area contributed by atoms with Crippen molar-refractivity contribution in [1.29, 1.82) is 0 Å². The molecule has 0 saturated carbocycles. The highest BCUT2D eigenvalue weighted by Crippen LogP contribution is 2.17. The molecule has 0 unspecified atom stereocenters. The maximum Gasteiger partial charge on any atom is 0.161 e. The topological polar surface area (TPSA) is 32.9 Å². The Hall–Kier alpha value is -1.57. The summed E-state index contributed by atoms with van der Waals surface area (Å²) in [5.41, 5.74) is 1.71. The van der Waals surface area contributed by atoms with E-state index >= 15 is 0 Å². The van der Waals surface area contributed by atoms with E-state index in [-0.39, 0.29) is 5.78 Å². The number of ketones is 1. The molecule has 1 radical (unpaired) electrons.